The summed E-state index contributed by atoms with van der Waals surface area (Å²) in [6.45, 7) is 10.3. The van der Waals surface area contributed by atoms with Crippen LogP contribution in [0.25, 0.3) is 0 Å². The van der Waals surface area contributed by atoms with Crippen LogP contribution in [0.4, 0.5) is 0 Å². The van der Waals surface area contributed by atoms with Crippen LogP contribution in [0.3, 0.4) is 0 Å². The van der Waals surface area contributed by atoms with Gasteiger partial charge in [0.15, 0.2) is 0 Å². The van der Waals surface area contributed by atoms with E-state index in [4.69, 9.17) is 0 Å². The van der Waals surface area contributed by atoms with Crippen molar-refractivity contribution in [3.63, 3.8) is 0 Å². The lowest BCUT2D eigenvalue weighted by Gasteiger charge is -2.28. The number of nitrogens with one attached hydrogen (secondary N) is 1. The molecule has 0 fully saturated rings. The zero-order chi connectivity index (χ0) is 12.8. The minimum atomic E-state index is 0.805. The van der Waals surface area contributed by atoms with Crippen molar-refractivity contribution < 1.29 is 0 Å². The van der Waals surface area contributed by atoms with Gasteiger partial charge in [-0.15, -0.1) is 0 Å². The second kappa shape index (κ2) is 6.91. The Morgan fingerprint density at radius 3 is 2.72 bits per heavy atom. The van der Waals surface area contributed by atoms with E-state index in [1.165, 1.54) is 31.5 Å². The highest BCUT2D eigenvalue weighted by molar-refractivity contribution is 5.28. The van der Waals surface area contributed by atoms with Gasteiger partial charge in [-0.2, -0.15) is 0 Å². The molecule has 0 bridgehead atoms. The average Bonchev–Trinajstić information content (AvgIpc) is 2.38. The van der Waals surface area contributed by atoms with Crippen LogP contribution in [-0.2, 0) is 13.0 Å². The predicted octanol–water partition coefficient (Wildman–Crippen LogP) is 2.68. The minimum absolute atomic E-state index is 0.805. The Bertz CT molecular complexity index is 360. The first-order valence-electron chi connectivity index (χ1n) is 7.25. The summed E-state index contributed by atoms with van der Waals surface area (Å²) in [6, 6.07) is 8.85. The molecule has 1 N–H and O–H groups in total. The molecule has 0 atom stereocenters. The molecule has 1 aromatic rings. The topological polar surface area (TPSA) is 15.3 Å². The first kappa shape index (κ1) is 13.6. The third-order valence-corrected chi connectivity index (χ3v) is 3.71. The van der Waals surface area contributed by atoms with Crippen molar-refractivity contribution in [1.29, 1.82) is 0 Å². The van der Waals surface area contributed by atoms with Crippen LogP contribution in [0.2, 0.25) is 0 Å². The number of hydrogen-bond donors (Lipinski definition) is 1. The molecule has 0 saturated heterocycles. The van der Waals surface area contributed by atoms with E-state index in [9.17, 15) is 0 Å². The van der Waals surface area contributed by atoms with Gasteiger partial charge in [0.2, 0.25) is 0 Å². The van der Waals surface area contributed by atoms with Crippen LogP contribution >= 0.6 is 0 Å². The number of nitrogens with zero attached hydrogens (tertiary/aromatic N) is 1. The molecule has 2 rings (SSSR count). The van der Waals surface area contributed by atoms with Gasteiger partial charge in [-0.3, -0.25) is 4.90 Å². The monoisotopic (exact) mass is 246 g/mol. The maximum absolute atomic E-state index is 3.55. The summed E-state index contributed by atoms with van der Waals surface area (Å²) in [4.78, 5) is 2.56. The Balaban J connectivity index is 1.67. The van der Waals surface area contributed by atoms with Crippen molar-refractivity contribution in [2.45, 2.75) is 33.2 Å². The molecule has 1 aliphatic heterocycles. The minimum Gasteiger partial charge on any atom is -0.315 e. The van der Waals surface area contributed by atoms with Gasteiger partial charge in [0, 0.05) is 26.2 Å². The van der Waals surface area contributed by atoms with Crippen molar-refractivity contribution in [3.05, 3.63) is 35.4 Å². The molecule has 0 amide bonds. The Kier molecular flexibility index (Phi) is 5.21. The van der Waals surface area contributed by atoms with Gasteiger partial charge >= 0.3 is 0 Å². The van der Waals surface area contributed by atoms with E-state index in [2.05, 4.69) is 48.3 Å². The molecule has 100 valence electrons. The van der Waals surface area contributed by atoms with Gasteiger partial charge in [-0.05, 0) is 36.4 Å². The molecule has 1 aromatic carbocycles. The summed E-state index contributed by atoms with van der Waals surface area (Å²) in [6.07, 6.45) is 2.49. The Morgan fingerprint density at radius 2 is 1.94 bits per heavy atom. The van der Waals surface area contributed by atoms with Crippen LogP contribution in [0.15, 0.2) is 24.3 Å². The van der Waals surface area contributed by atoms with Crippen molar-refractivity contribution in [3.8, 4) is 0 Å². The van der Waals surface area contributed by atoms with E-state index in [-0.39, 0.29) is 0 Å². The zero-order valence-electron chi connectivity index (χ0n) is 11.8. The van der Waals surface area contributed by atoms with E-state index in [1.54, 1.807) is 5.56 Å². The van der Waals surface area contributed by atoms with E-state index in [0.29, 0.717) is 0 Å². The second-order valence-corrected chi connectivity index (χ2v) is 5.73. The third-order valence-electron chi connectivity index (χ3n) is 3.71. The SMILES string of the molecule is CC(C)CCNCCN1CCc2ccccc2C1. The molecule has 2 nitrogen and oxygen atoms in total. The quantitative estimate of drug-likeness (QED) is 0.776. The molecular weight excluding hydrogens is 220 g/mol. The molecule has 0 spiro atoms. The van der Waals surface area contributed by atoms with Crippen LogP contribution in [0.5, 0.6) is 0 Å². The standard InChI is InChI=1S/C16H26N2/c1-14(2)7-9-17-10-12-18-11-8-15-5-3-4-6-16(15)13-18/h3-6,14,17H,7-13H2,1-2H3. The fraction of sp³-hybridized carbons (Fsp3) is 0.625. The first-order chi connectivity index (χ1) is 8.75. The lowest BCUT2D eigenvalue weighted by atomic mass is 10.00. The highest BCUT2D eigenvalue weighted by atomic mass is 15.1. The van der Waals surface area contributed by atoms with Crippen molar-refractivity contribution >= 4 is 0 Å². The number of rotatable bonds is 6. The molecule has 0 aromatic heterocycles. The van der Waals surface area contributed by atoms with Gasteiger partial charge < -0.3 is 5.32 Å². The van der Waals surface area contributed by atoms with Gasteiger partial charge in [-0.25, -0.2) is 0 Å². The van der Waals surface area contributed by atoms with Crippen molar-refractivity contribution in [2.24, 2.45) is 5.92 Å². The van der Waals surface area contributed by atoms with Gasteiger partial charge in [0.1, 0.15) is 0 Å². The summed E-state index contributed by atoms with van der Waals surface area (Å²) in [5, 5.41) is 3.55. The van der Waals surface area contributed by atoms with Crippen molar-refractivity contribution in [2.75, 3.05) is 26.2 Å². The second-order valence-electron chi connectivity index (χ2n) is 5.73. The van der Waals surface area contributed by atoms with Crippen LogP contribution < -0.4 is 5.32 Å². The number of benzene rings is 1. The maximum Gasteiger partial charge on any atom is 0.0237 e. The largest absolute Gasteiger partial charge is 0.315 e. The Morgan fingerprint density at radius 1 is 1.17 bits per heavy atom. The van der Waals surface area contributed by atoms with Crippen LogP contribution in [-0.4, -0.2) is 31.1 Å². The molecule has 2 heteroatoms. The van der Waals surface area contributed by atoms with E-state index in [1.807, 2.05) is 0 Å². The lowest BCUT2D eigenvalue weighted by Crippen LogP contribution is -2.36. The molecule has 0 radical (unpaired) electrons. The number of fused-ring (bicyclic) bond motifs is 1. The molecule has 0 aliphatic carbocycles. The van der Waals surface area contributed by atoms with Crippen molar-refractivity contribution in [1.82, 2.24) is 10.2 Å². The average molecular weight is 246 g/mol. The first-order valence-corrected chi connectivity index (χ1v) is 7.25. The van der Waals surface area contributed by atoms with E-state index >= 15 is 0 Å². The van der Waals surface area contributed by atoms with Crippen LogP contribution in [0, 0.1) is 5.92 Å². The van der Waals surface area contributed by atoms with Gasteiger partial charge in [-0.1, -0.05) is 38.1 Å². The highest BCUT2D eigenvalue weighted by Gasteiger charge is 2.14. The Hall–Kier alpha value is -0.860. The summed E-state index contributed by atoms with van der Waals surface area (Å²) in [5.41, 5.74) is 3.06. The van der Waals surface area contributed by atoms with Crippen LogP contribution in [0.1, 0.15) is 31.4 Å². The van der Waals surface area contributed by atoms with Gasteiger partial charge in [0.05, 0.1) is 0 Å². The summed E-state index contributed by atoms with van der Waals surface area (Å²) in [7, 11) is 0. The molecule has 0 saturated carbocycles. The maximum atomic E-state index is 3.55. The molecule has 0 unspecified atom stereocenters. The molecule has 18 heavy (non-hydrogen) atoms. The fourth-order valence-corrected chi connectivity index (χ4v) is 2.50. The third kappa shape index (κ3) is 4.11. The Labute approximate surface area is 111 Å². The predicted molar refractivity (Wildman–Crippen MR) is 77.7 cm³/mol. The zero-order valence-corrected chi connectivity index (χ0v) is 11.8. The summed E-state index contributed by atoms with van der Waals surface area (Å²) >= 11 is 0. The fourth-order valence-electron chi connectivity index (χ4n) is 2.50. The number of hydrogen-bond acceptors (Lipinski definition) is 2. The normalized spacial score (nSPS) is 15.9. The lowest BCUT2D eigenvalue weighted by molar-refractivity contribution is 0.253. The van der Waals surface area contributed by atoms with E-state index < -0.39 is 0 Å². The smallest absolute Gasteiger partial charge is 0.0237 e. The molecule has 1 heterocycles. The summed E-state index contributed by atoms with van der Waals surface area (Å²) in [5.74, 6) is 0.805. The van der Waals surface area contributed by atoms with Gasteiger partial charge in [0.25, 0.3) is 0 Å². The molecular formula is C16H26N2. The summed E-state index contributed by atoms with van der Waals surface area (Å²) < 4.78 is 0. The highest BCUT2D eigenvalue weighted by Crippen LogP contribution is 2.17. The van der Waals surface area contributed by atoms with E-state index in [0.717, 1.165) is 25.6 Å². The molecule has 1 aliphatic rings.